The van der Waals surface area contributed by atoms with Gasteiger partial charge in [-0.3, -0.25) is 4.79 Å². The molecule has 0 bridgehead atoms. The molecule has 138 valence electrons. The number of aliphatic hydroxyl groups is 1. The molecule has 2 aliphatic rings. The molecule has 28 heavy (non-hydrogen) atoms. The Balaban J connectivity index is 1.89. The van der Waals surface area contributed by atoms with Crippen LogP contribution < -0.4 is 5.43 Å². The molecule has 0 amide bonds. The fourth-order valence-corrected chi connectivity index (χ4v) is 2.94. The van der Waals surface area contributed by atoms with Gasteiger partial charge in [-0.15, -0.1) is 0 Å². The number of aromatic hydroxyl groups is 2. The first-order valence-electron chi connectivity index (χ1n) is 8.57. The predicted molar refractivity (Wildman–Crippen MR) is 107 cm³/mol. The van der Waals surface area contributed by atoms with E-state index in [4.69, 9.17) is 4.42 Å². The van der Waals surface area contributed by atoms with Gasteiger partial charge in [-0.2, -0.15) is 0 Å². The number of fused-ring (bicyclic) bond motifs is 1. The maximum atomic E-state index is 11.8. The zero-order valence-corrected chi connectivity index (χ0v) is 14.7. The Morgan fingerprint density at radius 2 is 1.43 bits per heavy atom. The molecule has 1 aliphatic carbocycles. The number of hydrogen-bond acceptors (Lipinski definition) is 5. The van der Waals surface area contributed by atoms with Gasteiger partial charge in [0, 0.05) is 22.8 Å². The lowest BCUT2D eigenvalue weighted by Crippen LogP contribution is -1.99. The van der Waals surface area contributed by atoms with Crippen LogP contribution >= 0.6 is 0 Å². The fraction of sp³-hybridized carbons (Fsp3) is 0. The Labute approximate surface area is 160 Å². The average Bonchev–Trinajstić information content (AvgIpc) is 2.68. The highest BCUT2D eigenvalue weighted by Gasteiger charge is 2.14. The Morgan fingerprint density at radius 1 is 0.786 bits per heavy atom. The second kappa shape index (κ2) is 6.96. The van der Waals surface area contributed by atoms with Gasteiger partial charge in [-0.25, -0.2) is 0 Å². The van der Waals surface area contributed by atoms with Crippen LogP contribution in [0.25, 0.3) is 34.5 Å². The topological polar surface area (TPSA) is 90.9 Å². The van der Waals surface area contributed by atoms with Gasteiger partial charge in [-0.1, -0.05) is 0 Å². The van der Waals surface area contributed by atoms with Gasteiger partial charge in [0.2, 0.25) is 0 Å². The second-order valence-electron chi connectivity index (χ2n) is 6.35. The highest BCUT2D eigenvalue weighted by Crippen LogP contribution is 2.34. The van der Waals surface area contributed by atoms with Gasteiger partial charge in [0.15, 0.2) is 5.43 Å². The van der Waals surface area contributed by atoms with E-state index in [0.717, 1.165) is 5.56 Å². The first kappa shape index (κ1) is 17.4. The van der Waals surface area contributed by atoms with Crippen molar-refractivity contribution in [2.24, 2.45) is 0 Å². The normalized spacial score (nSPS) is 11.6. The van der Waals surface area contributed by atoms with E-state index in [-0.39, 0.29) is 22.7 Å². The van der Waals surface area contributed by atoms with Crippen molar-refractivity contribution in [3.63, 3.8) is 0 Å². The molecule has 5 heteroatoms. The van der Waals surface area contributed by atoms with Crippen LogP contribution in [0.4, 0.5) is 0 Å². The van der Waals surface area contributed by atoms with E-state index in [1.165, 1.54) is 24.3 Å². The minimum absolute atomic E-state index is 0.00959. The molecule has 4 rings (SSSR count). The lowest BCUT2D eigenvalue weighted by Gasteiger charge is -2.12. The molecule has 1 heterocycles. The second-order valence-corrected chi connectivity index (χ2v) is 6.35. The van der Waals surface area contributed by atoms with Crippen LogP contribution in [0.5, 0.6) is 11.5 Å². The SMILES string of the molecule is O=c1ccc2c(C=C(O)c3ccc(O)cc3)cc(-c3ccc(O)cc3)oc-2c1. The van der Waals surface area contributed by atoms with Crippen molar-refractivity contribution in [1.82, 2.24) is 0 Å². The van der Waals surface area contributed by atoms with Crippen LogP contribution in [0.2, 0.25) is 0 Å². The summed E-state index contributed by atoms with van der Waals surface area (Å²) in [7, 11) is 0. The molecule has 0 saturated carbocycles. The van der Waals surface area contributed by atoms with Crippen molar-refractivity contribution in [2.45, 2.75) is 0 Å². The van der Waals surface area contributed by atoms with E-state index in [0.29, 0.717) is 28.2 Å². The van der Waals surface area contributed by atoms with Gasteiger partial charge in [0.25, 0.3) is 0 Å². The zero-order valence-electron chi connectivity index (χ0n) is 14.7. The molecule has 0 aromatic heterocycles. The molecule has 3 N–H and O–H groups in total. The van der Waals surface area contributed by atoms with Crippen LogP contribution in [0, 0.1) is 0 Å². The molecule has 2 aromatic rings. The third kappa shape index (κ3) is 3.46. The summed E-state index contributed by atoms with van der Waals surface area (Å²) in [5.74, 6) is 1.13. The van der Waals surface area contributed by atoms with Crippen molar-refractivity contribution < 1.29 is 19.7 Å². The summed E-state index contributed by atoms with van der Waals surface area (Å²) < 4.78 is 5.89. The van der Waals surface area contributed by atoms with Crippen LogP contribution in [-0.4, -0.2) is 15.3 Å². The van der Waals surface area contributed by atoms with Crippen molar-refractivity contribution in [3.8, 4) is 34.1 Å². The quantitative estimate of drug-likeness (QED) is 0.446. The predicted octanol–water partition coefficient (Wildman–Crippen LogP) is 4.88. The number of benzene rings is 3. The van der Waals surface area contributed by atoms with Crippen molar-refractivity contribution >= 4 is 11.8 Å². The average molecular weight is 372 g/mol. The highest BCUT2D eigenvalue weighted by molar-refractivity contribution is 5.85. The number of phenolic OH excluding ortho intramolecular Hbond substituents is 2. The van der Waals surface area contributed by atoms with Crippen molar-refractivity contribution in [3.05, 3.63) is 94.1 Å². The van der Waals surface area contributed by atoms with Crippen LogP contribution in [0.15, 0.2) is 82.0 Å². The van der Waals surface area contributed by atoms with Gasteiger partial charge in [-0.05, 0) is 78.4 Å². The van der Waals surface area contributed by atoms with E-state index < -0.39 is 0 Å². The van der Waals surface area contributed by atoms with E-state index in [9.17, 15) is 20.1 Å². The van der Waals surface area contributed by atoms with E-state index in [2.05, 4.69) is 0 Å². The first-order chi connectivity index (χ1) is 13.5. The van der Waals surface area contributed by atoms with E-state index >= 15 is 0 Å². The third-order valence-corrected chi connectivity index (χ3v) is 4.38. The minimum Gasteiger partial charge on any atom is -0.508 e. The smallest absolute Gasteiger partial charge is 0.182 e. The lowest BCUT2D eigenvalue weighted by molar-refractivity contribution is 0.474. The van der Waals surface area contributed by atoms with Gasteiger partial charge >= 0.3 is 0 Å². The van der Waals surface area contributed by atoms with Gasteiger partial charge in [0.1, 0.15) is 28.8 Å². The molecule has 0 fully saturated rings. The van der Waals surface area contributed by atoms with Crippen LogP contribution in [0.3, 0.4) is 0 Å². The molecule has 0 atom stereocenters. The summed E-state index contributed by atoms with van der Waals surface area (Å²) in [6.45, 7) is 0. The summed E-state index contributed by atoms with van der Waals surface area (Å²) in [6.07, 6.45) is 1.58. The molecular weight excluding hydrogens is 356 g/mol. The van der Waals surface area contributed by atoms with Crippen LogP contribution in [-0.2, 0) is 0 Å². The molecule has 0 unspecified atom stereocenters. The minimum atomic E-state index is -0.184. The number of rotatable bonds is 3. The number of phenols is 2. The fourth-order valence-electron chi connectivity index (χ4n) is 2.94. The Kier molecular flexibility index (Phi) is 4.33. The molecule has 0 radical (unpaired) electrons. The summed E-state index contributed by atoms with van der Waals surface area (Å²) in [4.78, 5) is 11.8. The molecule has 5 nitrogen and oxygen atoms in total. The first-order valence-corrected chi connectivity index (χ1v) is 8.57. The molecule has 2 aromatic carbocycles. The third-order valence-electron chi connectivity index (χ3n) is 4.38. The Hall–Kier alpha value is -3.99. The molecular formula is C23H16O5. The van der Waals surface area contributed by atoms with Gasteiger partial charge in [0.05, 0.1) is 0 Å². The van der Waals surface area contributed by atoms with Crippen LogP contribution in [0.1, 0.15) is 11.1 Å². The largest absolute Gasteiger partial charge is 0.508 e. The lowest BCUT2D eigenvalue weighted by atomic mass is 10.00. The zero-order chi connectivity index (χ0) is 19.7. The highest BCUT2D eigenvalue weighted by atomic mass is 16.3. The Morgan fingerprint density at radius 3 is 2.11 bits per heavy atom. The summed E-state index contributed by atoms with van der Waals surface area (Å²) in [5.41, 5.74) is 2.41. The number of hydrogen-bond donors (Lipinski definition) is 3. The van der Waals surface area contributed by atoms with Crippen molar-refractivity contribution in [1.29, 1.82) is 0 Å². The van der Waals surface area contributed by atoms with E-state index in [1.54, 1.807) is 54.6 Å². The van der Waals surface area contributed by atoms with E-state index in [1.807, 2.05) is 0 Å². The molecule has 0 saturated heterocycles. The molecule has 0 spiro atoms. The summed E-state index contributed by atoms with van der Waals surface area (Å²) >= 11 is 0. The Bertz CT molecular complexity index is 1190. The molecule has 1 aliphatic heterocycles. The number of aliphatic hydroxyl groups excluding tert-OH is 1. The maximum Gasteiger partial charge on any atom is 0.182 e. The summed E-state index contributed by atoms with van der Waals surface area (Å²) in [5, 5.41) is 29.4. The summed E-state index contributed by atoms with van der Waals surface area (Å²) in [6, 6.07) is 18.9. The maximum absolute atomic E-state index is 11.8. The van der Waals surface area contributed by atoms with Crippen molar-refractivity contribution in [2.75, 3.05) is 0 Å². The standard InChI is InChI=1S/C23H16O5/c24-17-5-1-14(2-6-17)21(27)11-16-12-22(15-3-7-18(25)8-4-15)28-23-13-19(26)9-10-20(16)23/h1-13,24-25,27H. The monoisotopic (exact) mass is 372 g/mol. The van der Waals surface area contributed by atoms with Gasteiger partial charge < -0.3 is 19.7 Å².